The number of aryl methyl sites for hydroxylation is 1. The molecule has 0 spiro atoms. The standard InChI is InChI=1S/C17H17Cl2NO4S/c1-12-4-7-14(8-5-12)20(10-2-3-17(21)22)25(23,24)16-11-13(18)6-9-15(16)19/h4-9,11H,2-3,10H2,1H3,(H,21,22). The molecular weight excluding hydrogens is 385 g/mol. The number of rotatable bonds is 7. The van der Waals surface area contributed by atoms with E-state index in [2.05, 4.69) is 0 Å². The molecule has 0 unspecified atom stereocenters. The second-order valence-electron chi connectivity index (χ2n) is 5.48. The second-order valence-corrected chi connectivity index (χ2v) is 8.16. The summed E-state index contributed by atoms with van der Waals surface area (Å²) in [5, 5.41) is 9.13. The van der Waals surface area contributed by atoms with Crippen LogP contribution in [0.5, 0.6) is 0 Å². The summed E-state index contributed by atoms with van der Waals surface area (Å²) in [6.07, 6.45) is 0.0295. The Balaban J connectivity index is 2.47. The van der Waals surface area contributed by atoms with Gasteiger partial charge in [-0.2, -0.15) is 0 Å². The van der Waals surface area contributed by atoms with Crippen LogP contribution in [0.4, 0.5) is 5.69 Å². The molecule has 8 heteroatoms. The summed E-state index contributed by atoms with van der Waals surface area (Å²) in [7, 11) is -3.99. The summed E-state index contributed by atoms with van der Waals surface area (Å²) in [5.74, 6) is -0.984. The molecule has 2 aromatic carbocycles. The molecule has 134 valence electrons. The number of anilines is 1. The van der Waals surface area contributed by atoms with E-state index in [1.807, 2.05) is 6.92 Å². The first-order chi connectivity index (χ1) is 11.7. The maximum atomic E-state index is 13.1. The lowest BCUT2D eigenvalue weighted by atomic mass is 10.2. The normalized spacial score (nSPS) is 11.3. The molecule has 0 aliphatic rings. The summed E-state index contributed by atoms with van der Waals surface area (Å²) in [4.78, 5) is 10.7. The van der Waals surface area contributed by atoms with Crippen molar-refractivity contribution in [2.75, 3.05) is 10.8 Å². The van der Waals surface area contributed by atoms with Gasteiger partial charge < -0.3 is 5.11 Å². The van der Waals surface area contributed by atoms with Gasteiger partial charge in [0.1, 0.15) is 4.90 Å². The summed E-state index contributed by atoms with van der Waals surface area (Å²) < 4.78 is 27.4. The lowest BCUT2D eigenvalue weighted by Crippen LogP contribution is -2.32. The van der Waals surface area contributed by atoms with Gasteiger partial charge in [-0.05, 0) is 43.7 Å². The first-order valence-electron chi connectivity index (χ1n) is 7.48. The predicted molar refractivity (Wildman–Crippen MR) is 99.0 cm³/mol. The molecule has 0 aromatic heterocycles. The Morgan fingerprint density at radius 3 is 2.36 bits per heavy atom. The topological polar surface area (TPSA) is 74.7 Å². The Morgan fingerprint density at radius 1 is 1.12 bits per heavy atom. The van der Waals surface area contributed by atoms with Crippen molar-refractivity contribution in [1.82, 2.24) is 0 Å². The molecule has 2 rings (SSSR count). The highest BCUT2D eigenvalue weighted by molar-refractivity contribution is 7.93. The van der Waals surface area contributed by atoms with Crippen molar-refractivity contribution in [2.24, 2.45) is 0 Å². The number of carboxylic acid groups (broad SMARTS) is 1. The molecule has 0 atom stereocenters. The molecule has 0 heterocycles. The number of aliphatic carboxylic acids is 1. The quantitative estimate of drug-likeness (QED) is 0.747. The Labute approximate surface area is 156 Å². The van der Waals surface area contributed by atoms with E-state index in [9.17, 15) is 13.2 Å². The number of hydrogen-bond donors (Lipinski definition) is 1. The first-order valence-corrected chi connectivity index (χ1v) is 9.67. The van der Waals surface area contributed by atoms with Crippen LogP contribution in [0.2, 0.25) is 10.0 Å². The molecule has 0 aliphatic heterocycles. The summed E-state index contributed by atoms with van der Waals surface area (Å²) in [6.45, 7) is 1.90. The lowest BCUT2D eigenvalue weighted by molar-refractivity contribution is -0.137. The van der Waals surface area contributed by atoms with Gasteiger partial charge in [-0.15, -0.1) is 0 Å². The summed E-state index contributed by atoms with van der Waals surface area (Å²) in [6, 6.07) is 11.1. The molecule has 0 bridgehead atoms. The monoisotopic (exact) mass is 401 g/mol. The molecule has 0 saturated heterocycles. The van der Waals surface area contributed by atoms with Crippen molar-refractivity contribution < 1.29 is 18.3 Å². The van der Waals surface area contributed by atoms with E-state index in [0.717, 1.165) is 9.87 Å². The van der Waals surface area contributed by atoms with Crippen LogP contribution in [0.15, 0.2) is 47.4 Å². The molecule has 1 N–H and O–H groups in total. The molecule has 0 radical (unpaired) electrons. The smallest absolute Gasteiger partial charge is 0.303 e. The van der Waals surface area contributed by atoms with Gasteiger partial charge in [0.15, 0.2) is 0 Å². The van der Waals surface area contributed by atoms with E-state index >= 15 is 0 Å². The third-order valence-corrected chi connectivity index (χ3v) is 6.08. The fraction of sp³-hybridized carbons (Fsp3) is 0.235. The number of nitrogens with zero attached hydrogens (tertiary/aromatic N) is 1. The maximum absolute atomic E-state index is 13.1. The average Bonchev–Trinajstić information content (AvgIpc) is 2.54. The minimum atomic E-state index is -3.99. The largest absolute Gasteiger partial charge is 0.481 e. The molecule has 2 aromatic rings. The zero-order valence-corrected chi connectivity index (χ0v) is 15.8. The van der Waals surface area contributed by atoms with Gasteiger partial charge in [-0.3, -0.25) is 9.10 Å². The molecular formula is C17H17Cl2NO4S. The molecule has 5 nitrogen and oxygen atoms in total. The maximum Gasteiger partial charge on any atom is 0.303 e. The highest BCUT2D eigenvalue weighted by Gasteiger charge is 2.27. The Morgan fingerprint density at radius 2 is 1.76 bits per heavy atom. The van der Waals surface area contributed by atoms with Gasteiger partial charge >= 0.3 is 5.97 Å². The van der Waals surface area contributed by atoms with Crippen molar-refractivity contribution >= 4 is 44.9 Å². The number of benzene rings is 2. The van der Waals surface area contributed by atoms with Crippen molar-refractivity contribution in [2.45, 2.75) is 24.7 Å². The third kappa shape index (κ3) is 4.87. The highest BCUT2D eigenvalue weighted by atomic mass is 35.5. The van der Waals surface area contributed by atoms with E-state index in [-0.39, 0.29) is 34.3 Å². The van der Waals surface area contributed by atoms with Crippen LogP contribution in [-0.4, -0.2) is 26.0 Å². The van der Waals surface area contributed by atoms with Gasteiger partial charge in [-0.25, -0.2) is 8.42 Å². The Hall–Kier alpha value is -1.76. The minimum Gasteiger partial charge on any atom is -0.481 e. The van der Waals surface area contributed by atoms with E-state index in [1.165, 1.54) is 18.2 Å². The molecule has 0 saturated carbocycles. The highest BCUT2D eigenvalue weighted by Crippen LogP contribution is 2.31. The Bertz CT molecular complexity index is 867. The van der Waals surface area contributed by atoms with Crippen molar-refractivity contribution in [3.63, 3.8) is 0 Å². The molecule has 0 aliphatic carbocycles. The van der Waals surface area contributed by atoms with Gasteiger partial charge in [0.2, 0.25) is 0 Å². The third-order valence-electron chi connectivity index (χ3n) is 3.54. The SMILES string of the molecule is Cc1ccc(N(CCCC(=O)O)S(=O)(=O)c2cc(Cl)ccc2Cl)cc1. The second kappa shape index (κ2) is 8.08. The molecule has 0 fully saturated rings. The fourth-order valence-electron chi connectivity index (χ4n) is 2.27. The number of sulfonamides is 1. The van der Waals surface area contributed by atoms with Crippen LogP contribution in [-0.2, 0) is 14.8 Å². The van der Waals surface area contributed by atoms with E-state index in [1.54, 1.807) is 24.3 Å². The summed E-state index contributed by atoms with van der Waals surface area (Å²) >= 11 is 12.0. The van der Waals surface area contributed by atoms with Crippen LogP contribution < -0.4 is 4.31 Å². The van der Waals surface area contributed by atoms with E-state index in [0.29, 0.717) is 5.69 Å². The van der Waals surface area contributed by atoms with Crippen molar-refractivity contribution in [3.05, 3.63) is 58.1 Å². The van der Waals surface area contributed by atoms with Gasteiger partial charge in [0, 0.05) is 18.0 Å². The van der Waals surface area contributed by atoms with Crippen LogP contribution in [0.25, 0.3) is 0 Å². The number of carbonyl (C=O) groups is 1. The van der Waals surface area contributed by atoms with Crippen molar-refractivity contribution in [3.8, 4) is 0 Å². The molecule has 0 amide bonds. The van der Waals surface area contributed by atoms with E-state index in [4.69, 9.17) is 28.3 Å². The lowest BCUT2D eigenvalue weighted by Gasteiger charge is -2.25. The van der Waals surface area contributed by atoms with Crippen LogP contribution >= 0.6 is 23.2 Å². The van der Waals surface area contributed by atoms with Crippen LogP contribution in [0, 0.1) is 6.92 Å². The van der Waals surface area contributed by atoms with Crippen molar-refractivity contribution in [1.29, 1.82) is 0 Å². The first kappa shape index (κ1) is 19.6. The Kier molecular flexibility index (Phi) is 6.32. The zero-order valence-electron chi connectivity index (χ0n) is 13.4. The van der Waals surface area contributed by atoms with E-state index < -0.39 is 16.0 Å². The average molecular weight is 402 g/mol. The van der Waals surface area contributed by atoms with Gasteiger partial charge in [0.25, 0.3) is 10.0 Å². The molecule has 25 heavy (non-hydrogen) atoms. The van der Waals surface area contributed by atoms with Crippen LogP contribution in [0.3, 0.4) is 0 Å². The van der Waals surface area contributed by atoms with Crippen LogP contribution in [0.1, 0.15) is 18.4 Å². The number of hydrogen-bond acceptors (Lipinski definition) is 3. The minimum absolute atomic E-state index is 0.0144. The predicted octanol–water partition coefficient (Wildman–Crippen LogP) is 4.36. The zero-order chi connectivity index (χ0) is 18.6. The summed E-state index contributed by atoms with van der Waals surface area (Å²) in [5.41, 5.74) is 1.42. The van der Waals surface area contributed by atoms with Gasteiger partial charge in [-0.1, -0.05) is 40.9 Å². The number of carboxylic acids is 1. The fourth-order valence-corrected chi connectivity index (χ4v) is 4.51. The number of halogens is 2. The van der Waals surface area contributed by atoms with Gasteiger partial charge in [0.05, 0.1) is 10.7 Å².